The summed E-state index contributed by atoms with van der Waals surface area (Å²) in [7, 11) is 0. The second-order valence-electron chi connectivity index (χ2n) is 5.54. The van der Waals surface area contributed by atoms with E-state index in [1.54, 1.807) is 6.26 Å². The van der Waals surface area contributed by atoms with Gasteiger partial charge in [-0.25, -0.2) is 0 Å². The van der Waals surface area contributed by atoms with Gasteiger partial charge in [-0.15, -0.1) is 0 Å². The molecule has 0 saturated carbocycles. The molecule has 1 unspecified atom stereocenters. The molecule has 0 aliphatic rings. The maximum absolute atomic E-state index is 5.45. The Morgan fingerprint density at radius 1 is 1.43 bits per heavy atom. The first-order chi connectivity index (χ1) is 10.1. The molecule has 0 aromatic carbocycles. The number of aryl methyl sites for hydroxylation is 1. The molecule has 0 amide bonds. The van der Waals surface area contributed by atoms with Crippen molar-refractivity contribution in [1.82, 2.24) is 15.1 Å². The topological polar surface area (TPSA) is 43.0 Å². The van der Waals surface area contributed by atoms with Gasteiger partial charge in [0.2, 0.25) is 0 Å². The number of hydrogen-bond donors (Lipinski definition) is 1. The van der Waals surface area contributed by atoms with Crippen molar-refractivity contribution in [3.63, 3.8) is 0 Å². The number of nitrogens with one attached hydrogen (secondary N) is 1. The summed E-state index contributed by atoms with van der Waals surface area (Å²) < 4.78 is 8.62. The van der Waals surface area contributed by atoms with Crippen LogP contribution < -0.4 is 5.32 Å². The first-order valence-corrected chi connectivity index (χ1v) is 8.41. The van der Waals surface area contributed by atoms with Crippen molar-refractivity contribution in [2.24, 2.45) is 0 Å². The molecule has 0 bridgehead atoms. The fourth-order valence-electron chi connectivity index (χ4n) is 2.48. The predicted molar refractivity (Wildman–Crippen MR) is 88.4 cm³/mol. The van der Waals surface area contributed by atoms with Gasteiger partial charge >= 0.3 is 0 Å². The molecule has 116 valence electrons. The molecule has 1 N–H and O–H groups in total. The lowest BCUT2D eigenvalue weighted by molar-refractivity contribution is 0.410. The predicted octanol–water partition coefficient (Wildman–Crippen LogP) is 4.49. The van der Waals surface area contributed by atoms with E-state index >= 15 is 0 Å². The van der Waals surface area contributed by atoms with E-state index in [9.17, 15) is 0 Å². The van der Waals surface area contributed by atoms with Crippen LogP contribution in [0.3, 0.4) is 0 Å². The van der Waals surface area contributed by atoms with Crippen molar-refractivity contribution in [2.75, 3.05) is 6.54 Å². The molecular formula is C16H24BrN3O. The van der Waals surface area contributed by atoms with Gasteiger partial charge in [-0.3, -0.25) is 4.68 Å². The van der Waals surface area contributed by atoms with Crippen LogP contribution in [0.25, 0.3) is 0 Å². The quantitative estimate of drug-likeness (QED) is 0.759. The zero-order chi connectivity index (χ0) is 15.2. The minimum absolute atomic E-state index is 0.273. The standard InChI is InChI=1S/C16H24BrN3O/c1-4-9-18-15(8-7-13-6-5-10-21-13)16-14(17)11-19-20(16)12(2)3/h5-6,10-12,15,18H,4,7-9H2,1-3H3. The molecule has 0 fully saturated rings. The van der Waals surface area contributed by atoms with Gasteiger partial charge in [0.15, 0.2) is 0 Å². The number of nitrogens with zero attached hydrogens (tertiary/aromatic N) is 2. The third-order valence-electron chi connectivity index (χ3n) is 3.51. The third-order valence-corrected chi connectivity index (χ3v) is 4.12. The lowest BCUT2D eigenvalue weighted by Gasteiger charge is -2.22. The fraction of sp³-hybridized carbons (Fsp3) is 0.562. The van der Waals surface area contributed by atoms with Gasteiger partial charge in [-0.1, -0.05) is 6.92 Å². The summed E-state index contributed by atoms with van der Waals surface area (Å²) in [6, 6.07) is 4.60. The number of hydrogen-bond acceptors (Lipinski definition) is 3. The van der Waals surface area contributed by atoms with Crippen molar-refractivity contribution in [3.05, 3.63) is 40.5 Å². The number of halogens is 1. The summed E-state index contributed by atoms with van der Waals surface area (Å²) >= 11 is 3.65. The first-order valence-electron chi connectivity index (χ1n) is 7.62. The lowest BCUT2D eigenvalue weighted by Crippen LogP contribution is -2.26. The molecule has 2 aromatic rings. The molecule has 0 saturated heterocycles. The summed E-state index contributed by atoms with van der Waals surface area (Å²) in [5, 5.41) is 8.13. The molecule has 2 aromatic heterocycles. The molecule has 21 heavy (non-hydrogen) atoms. The van der Waals surface area contributed by atoms with E-state index in [0.29, 0.717) is 6.04 Å². The molecule has 0 aliphatic heterocycles. The minimum Gasteiger partial charge on any atom is -0.469 e. The molecule has 4 nitrogen and oxygen atoms in total. The van der Waals surface area contributed by atoms with Gasteiger partial charge < -0.3 is 9.73 Å². The largest absolute Gasteiger partial charge is 0.469 e. The molecule has 0 spiro atoms. The van der Waals surface area contributed by atoms with Crippen molar-refractivity contribution >= 4 is 15.9 Å². The summed E-state index contributed by atoms with van der Waals surface area (Å²) in [5.74, 6) is 1.03. The van der Waals surface area contributed by atoms with Crippen LogP contribution in [0.15, 0.2) is 33.5 Å². The Hall–Kier alpha value is -1.07. The van der Waals surface area contributed by atoms with E-state index in [1.165, 1.54) is 5.69 Å². The van der Waals surface area contributed by atoms with Gasteiger partial charge in [-0.05, 0) is 61.3 Å². The average Bonchev–Trinajstić information content (AvgIpc) is 3.09. The van der Waals surface area contributed by atoms with E-state index in [1.807, 2.05) is 18.3 Å². The van der Waals surface area contributed by atoms with Crippen molar-refractivity contribution in [2.45, 2.75) is 52.1 Å². The first kappa shape index (κ1) is 16.3. The summed E-state index contributed by atoms with van der Waals surface area (Å²) in [6.45, 7) is 7.50. The van der Waals surface area contributed by atoms with Crippen LogP contribution in [0.4, 0.5) is 0 Å². The zero-order valence-corrected chi connectivity index (χ0v) is 14.6. The Bertz CT molecular complexity index is 534. The fourth-order valence-corrected chi connectivity index (χ4v) is 3.03. The summed E-state index contributed by atoms with van der Waals surface area (Å²) in [4.78, 5) is 0. The van der Waals surface area contributed by atoms with E-state index in [4.69, 9.17) is 4.42 Å². The van der Waals surface area contributed by atoms with Crippen LogP contribution in [-0.4, -0.2) is 16.3 Å². The third kappa shape index (κ3) is 4.20. The number of rotatable bonds is 8. The van der Waals surface area contributed by atoms with E-state index in [2.05, 4.69) is 51.8 Å². The van der Waals surface area contributed by atoms with Crippen LogP contribution in [0.5, 0.6) is 0 Å². The van der Waals surface area contributed by atoms with Crippen molar-refractivity contribution in [1.29, 1.82) is 0 Å². The summed E-state index contributed by atoms with van der Waals surface area (Å²) in [6.07, 6.45) is 6.65. The van der Waals surface area contributed by atoms with Crippen LogP contribution in [0, 0.1) is 0 Å². The van der Waals surface area contributed by atoms with E-state index < -0.39 is 0 Å². The highest BCUT2D eigenvalue weighted by Gasteiger charge is 2.21. The SMILES string of the molecule is CCCNC(CCc1ccco1)c1c(Br)cnn1C(C)C. The van der Waals surface area contributed by atoms with Crippen LogP contribution in [-0.2, 0) is 6.42 Å². The van der Waals surface area contributed by atoms with Crippen LogP contribution >= 0.6 is 15.9 Å². The molecular weight excluding hydrogens is 330 g/mol. The van der Waals surface area contributed by atoms with Crippen molar-refractivity contribution < 1.29 is 4.42 Å². The number of aromatic nitrogens is 2. The maximum atomic E-state index is 5.45. The minimum atomic E-state index is 0.273. The van der Waals surface area contributed by atoms with Gasteiger partial charge in [0, 0.05) is 12.5 Å². The number of furan rings is 1. The van der Waals surface area contributed by atoms with Crippen LogP contribution in [0.2, 0.25) is 0 Å². The Labute approximate surface area is 135 Å². The van der Waals surface area contributed by atoms with Gasteiger partial charge in [0.05, 0.1) is 28.7 Å². The Balaban J connectivity index is 2.16. The smallest absolute Gasteiger partial charge is 0.103 e. The Kier molecular flexibility index (Phi) is 6.06. The Morgan fingerprint density at radius 3 is 2.86 bits per heavy atom. The zero-order valence-electron chi connectivity index (χ0n) is 13.0. The molecule has 2 rings (SSSR count). The molecule has 0 radical (unpaired) electrons. The second-order valence-corrected chi connectivity index (χ2v) is 6.40. The van der Waals surface area contributed by atoms with Gasteiger partial charge in [0.1, 0.15) is 5.76 Å². The summed E-state index contributed by atoms with van der Waals surface area (Å²) in [5.41, 5.74) is 1.23. The highest BCUT2D eigenvalue weighted by molar-refractivity contribution is 9.10. The average molecular weight is 354 g/mol. The van der Waals surface area contributed by atoms with Crippen LogP contribution in [0.1, 0.15) is 57.2 Å². The van der Waals surface area contributed by atoms with Crippen molar-refractivity contribution in [3.8, 4) is 0 Å². The highest BCUT2D eigenvalue weighted by atomic mass is 79.9. The molecule has 5 heteroatoms. The molecule has 1 atom stereocenters. The lowest BCUT2D eigenvalue weighted by atomic mass is 10.1. The van der Waals surface area contributed by atoms with E-state index in [0.717, 1.165) is 36.0 Å². The van der Waals surface area contributed by atoms with Gasteiger partial charge in [-0.2, -0.15) is 5.10 Å². The Morgan fingerprint density at radius 2 is 2.24 bits per heavy atom. The maximum Gasteiger partial charge on any atom is 0.103 e. The normalized spacial score (nSPS) is 13.0. The molecule has 2 heterocycles. The highest BCUT2D eigenvalue weighted by Crippen LogP contribution is 2.29. The van der Waals surface area contributed by atoms with E-state index in [-0.39, 0.29) is 6.04 Å². The second kappa shape index (κ2) is 7.80. The van der Waals surface area contributed by atoms with Gasteiger partial charge in [0.25, 0.3) is 0 Å². The monoisotopic (exact) mass is 353 g/mol. The molecule has 0 aliphatic carbocycles.